The third-order valence-corrected chi connectivity index (χ3v) is 2.65. The van der Waals surface area contributed by atoms with E-state index in [0.717, 1.165) is 12.1 Å². The monoisotopic (exact) mass is 285 g/mol. The summed E-state index contributed by atoms with van der Waals surface area (Å²) in [5.41, 5.74) is 4.75. The minimum Gasteiger partial charge on any atom is -0.334 e. The van der Waals surface area contributed by atoms with Crippen molar-refractivity contribution < 1.29 is 18.4 Å². The number of hydrogen-bond acceptors (Lipinski definition) is 3. The number of anilines is 1. The minimum atomic E-state index is -0.866. The van der Waals surface area contributed by atoms with Gasteiger partial charge < -0.3 is 16.0 Å². The molecular formula is C13H17F2N3O2. The highest BCUT2D eigenvalue weighted by molar-refractivity contribution is 5.94. The molecule has 0 aliphatic heterocycles. The summed E-state index contributed by atoms with van der Waals surface area (Å²) in [5.74, 6) is -2.68. The molecule has 0 fully saturated rings. The number of benzene rings is 1. The maximum atomic E-state index is 13.4. The number of amides is 2. The third kappa shape index (κ3) is 4.27. The first kappa shape index (κ1) is 16.0. The predicted molar refractivity (Wildman–Crippen MR) is 70.9 cm³/mol. The summed E-state index contributed by atoms with van der Waals surface area (Å²) in [6, 6.07) is 3.27. The van der Waals surface area contributed by atoms with Gasteiger partial charge in [-0.25, -0.2) is 8.78 Å². The lowest BCUT2D eigenvalue weighted by atomic mass is 10.3. The molecule has 0 spiro atoms. The van der Waals surface area contributed by atoms with Gasteiger partial charge in [-0.2, -0.15) is 0 Å². The molecule has 1 rings (SSSR count). The molecule has 3 N–H and O–H groups in total. The zero-order chi connectivity index (χ0) is 15.1. The van der Waals surface area contributed by atoms with E-state index in [2.05, 4.69) is 5.32 Å². The SMILES string of the molecule is CCN(CC(=O)Nc1c(F)cccc1F)C(=O)CCN. The Balaban J connectivity index is 2.69. The van der Waals surface area contributed by atoms with Gasteiger partial charge in [-0.1, -0.05) is 6.07 Å². The second kappa shape index (κ2) is 7.54. The Kier molecular flexibility index (Phi) is 6.05. The number of nitrogens with two attached hydrogens (primary N) is 1. The molecule has 0 aromatic heterocycles. The average molecular weight is 285 g/mol. The van der Waals surface area contributed by atoms with Gasteiger partial charge >= 0.3 is 0 Å². The van der Waals surface area contributed by atoms with Gasteiger partial charge in [0, 0.05) is 19.5 Å². The van der Waals surface area contributed by atoms with Crippen LogP contribution < -0.4 is 11.1 Å². The van der Waals surface area contributed by atoms with Gasteiger partial charge in [0.15, 0.2) is 0 Å². The van der Waals surface area contributed by atoms with Crippen molar-refractivity contribution in [2.24, 2.45) is 5.73 Å². The quantitative estimate of drug-likeness (QED) is 0.822. The van der Waals surface area contributed by atoms with E-state index in [4.69, 9.17) is 5.73 Å². The maximum absolute atomic E-state index is 13.4. The molecule has 0 unspecified atom stereocenters. The van der Waals surface area contributed by atoms with Crippen LogP contribution in [-0.2, 0) is 9.59 Å². The van der Waals surface area contributed by atoms with Crippen LogP contribution in [0.5, 0.6) is 0 Å². The smallest absolute Gasteiger partial charge is 0.244 e. The topological polar surface area (TPSA) is 75.4 Å². The van der Waals surface area contributed by atoms with Gasteiger partial charge in [0.25, 0.3) is 0 Å². The van der Waals surface area contributed by atoms with E-state index in [1.54, 1.807) is 6.92 Å². The van der Waals surface area contributed by atoms with Gasteiger partial charge in [-0.3, -0.25) is 9.59 Å². The Bertz CT molecular complexity index is 474. The Morgan fingerprint density at radius 2 is 1.90 bits per heavy atom. The normalized spacial score (nSPS) is 10.2. The molecule has 110 valence electrons. The number of para-hydroxylation sites is 1. The van der Waals surface area contributed by atoms with Crippen molar-refractivity contribution in [3.63, 3.8) is 0 Å². The van der Waals surface area contributed by atoms with Crippen LogP contribution in [0.15, 0.2) is 18.2 Å². The van der Waals surface area contributed by atoms with E-state index >= 15 is 0 Å². The highest BCUT2D eigenvalue weighted by Crippen LogP contribution is 2.17. The molecule has 0 bridgehead atoms. The molecule has 0 heterocycles. The second-order valence-corrected chi connectivity index (χ2v) is 4.09. The van der Waals surface area contributed by atoms with Gasteiger partial charge in [-0.15, -0.1) is 0 Å². The number of rotatable bonds is 6. The summed E-state index contributed by atoms with van der Waals surface area (Å²) in [6.45, 7) is 1.92. The Labute approximate surface area is 115 Å². The molecule has 0 atom stereocenters. The zero-order valence-corrected chi connectivity index (χ0v) is 11.2. The molecule has 0 saturated heterocycles. The molecule has 5 nitrogen and oxygen atoms in total. The van der Waals surface area contributed by atoms with Gasteiger partial charge in [0.05, 0.1) is 6.54 Å². The van der Waals surface area contributed by atoms with Gasteiger partial charge in [0.1, 0.15) is 17.3 Å². The fourth-order valence-electron chi connectivity index (χ4n) is 1.63. The van der Waals surface area contributed by atoms with Crippen LogP contribution in [0.3, 0.4) is 0 Å². The summed E-state index contributed by atoms with van der Waals surface area (Å²) in [6.07, 6.45) is 0.120. The van der Waals surface area contributed by atoms with Crippen molar-refractivity contribution >= 4 is 17.5 Å². The first-order chi connectivity index (χ1) is 9.49. The third-order valence-electron chi connectivity index (χ3n) is 2.65. The van der Waals surface area contributed by atoms with Crippen LogP contribution >= 0.6 is 0 Å². The number of likely N-dealkylation sites (N-methyl/N-ethyl adjacent to an activating group) is 1. The molecule has 0 aliphatic carbocycles. The fraction of sp³-hybridized carbons (Fsp3) is 0.385. The Hall–Kier alpha value is -2.02. The van der Waals surface area contributed by atoms with Crippen LogP contribution in [0, 0.1) is 11.6 Å². The summed E-state index contributed by atoms with van der Waals surface area (Å²) >= 11 is 0. The molecule has 20 heavy (non-hydrogen) atoms. The summed E-state index contributed by atoms with van der Waals surface area (Å²) in [7, 11) is 0. The first-order valence-corrected chi connectivity index (χ1v) is 6.21. The fourth-order valence-corrected chi connectivity index (χ4v) is 1.63. The second-order valence-electron chi connectivity index (χ2n) is 4.09. The number of carbonyl (C=O) groups excluding carboxylic acids is 2. The van der Waals surface area contributed by atoms with E-state index in [0.29, 0.717) is 6.54 Å². The number of nitrogens with zero attached hydrogens (tertiary/aromatic N) is 1. The van der Waals surface area contributed by atoms with Crippen molar-refractivity contribution in [1.82, 2.24) is 4.90 Å². The molecule has 0 radical (unpaired) electrons. The largest absolute Gasteiger partial charge is 0.334 e. The van der Waals surface area contributed by atoms with Crippen LogP contribution in [0.2, 0.25) is 0 Å². The number of halogens is 2. The molecule has 2 amide bonds. The van der Waals surface area contributed by atoms with Crippen LogP contribution in [0.4, 0.5) is 14.5 Å². The average Bonchev–Trinajstić information content (AvgIpc) is 2.40. The van der Waals surface area contributed by atoms with Crippen LogP contribution in [0.25, 0.3) is 0 Å². The van der Waals surface area contributed by atoms with Crippen molar-refractivity contribution in [2.75, 3.05) is 25.0 Å². The molecular weight excluding hydrogens is 268 g/mol. The van der Waals surface area contributed by atoms with Crippen molar-refractivity contribution in [3.05, 3.63) is 29.8 Å². The Morgan fingerprint density at radius 1 is 1.30 bits per heavy atom. The van der Waals surface area contributed by atoms with E-state index in [1.807, 2.05) is 0 Å². The standard InChI is InChI=1S/C13H17F2N3O2/c1-2-18(12(20)6-7-16)8-11(19)17-13-9(14)4-3-5-10(13)15/h3-5H,2,6-8,16H2,1H3,(H,17,19). The van der Waals surface area contributed by atoms with Gasteiger partial charge in [-0.05, 0) is 19.1 Å². The zero-order valence-electron chi connectivity index (χ0n) is 11.2. The summed E-state index contributed by atoms with van der Waals surface area (Å²) < 4.78 is 26.7. The number of hydrogen-bond donors (Lipinski definition) is 2. The molecule has 7 heteroatoms. The lowest BCUT2D eigenvalue weighted by Crippen LogP contribution is -2.38. The van der Waals surface area contributed by atoms with Gasteiger partial charge in [0.2, 0.25) is 11.8 Å². The summed E-state index contributed by atoms with van der Waals surface area (Å²) in [4.78, 5) is 24.6. The number of carbonyl (C=O) groups is 2. The minimum absolute atomic E-state index is 0.120. The predicted octanol–water partition coefficient (Wildman–Crippen LogP) is 1.10. The lowest BCUT2D eigenvalue weighted by Gasteiger charge is -2.20. The molecule has 0 aliphatic rings. The van der Waals surface area contributed by atoms with E-state index in [9.17, 15) is 18.4 Å². The lowest BCUT2D eigenvalue weighted by molar-refractivity contribution is -0.134. The first-order valence-electron chi connectivity index (χ1n) is 6.21. The Morgan fingerprint density at radius 3 is 2.40 bits per heavy atom. The van der Waals surface area contributed by atoms with E-state index in [1.165, 1.54) is 11.0 Å². The molecule has 0 saturated carbocycles. The van der Waals surface area contributed by atoms with E-state index in [-0.39, 0.29) is 25.4 Å². The van der Waals surface area contributed by atoms with E-state index < -0.39 is 23.2 Å². The highest BCUT2D eigenvalue weighted by atomic mass is 19.1. The van der Waals surface area contributed by atoms with Crippen LogP contribution in [-0.4, -0.2) is 36.3 Å². The highest BCUT2D eigenvalue weighted by Gasteiger charge is 2.17. The van der Waals surface area contributed by atoms with Crippen molar-refractivity contribution in [2.45, 2.75) is 13.3 Å². The molecule has 1 aromatic rings. The van der Waals surface area contributed by atoms with Crippen molar-refractivity contribution in [3.8, 4) is 0 Å². The van der Waals surface area contributed by atoms with Crippen molar-refractivity contribution in [1.29, 1.82) is 0 Å². The maximum Gasteiger partial charge on any atom is 0.244 e. The van der Waals surface area contributed by atoms with Crippen LogP contribution in [0.1, 0.15) is 13.3 Å². The number of nitrogens with one attached hydrogen (secondary N) is 1. The molecule has 1 aromatic carbocycles. The summed E-state index contributed by atoms with van der Waals surface area (Å²) in [5, 5.41) is 2.13.